The van der Waals surface area contributed by atoms with Gasteiger partial charge in [0.05, 0.1) is 19.8 Å². The minimum atomic E-state index is 0. The smallest absolute Gasteiger partial charge is 0.194 e. The van der Waals surface area contributed by atoms with E-state index in [1.807, 2.05) is 0 Å². The first kappa shape index (κ1) is 26.0. The van der Waals surface area contributed by atoms with Crippen molar-refractivity contribution in [2.24, 2.45) is 4.99 Å². The lowest BCUT2D eigenvalue weighted by atomic mass is 10.1. The SMILES string of the molecule is CCNC(=NCc1cc2c(cc1OC)CC(C)O2)N1CCC(OCCCOC)CC1.I. The van der Waals surface area contributed by atoms with Crippen molar-refractivity contribution < 1.29 is 18.9 Å². The highest BCUT2D eigenvalue weighted by Gasteiger charge is 2.23. The molecule has 1 atom stereocenters. The molecule has 0 aliphatic carbocycles. The summed E-state index contributed by atoms with van der Waals surface area (Å²) in [4.78, 5) is 7.24. The molecule has 31 heavy (non-hydrogen) atoms. The van der Waals surface area contributed by atoms with Gasteiger partial charge in [-0.25, -0.2) is 4.99 Å². The largest absolute Gasteiger partial charge is 0.496 e. The van der Waals surface area contributed by atoms with E-state index in [0.29, 0.717) is 12.6 Å². The predicted octanol–water partition coefficient (Wildman–Crippen LogP) is 3.62. The zero-order valence-electron chi connectivity index (χ0n) is 19.3. The molecule has 1 aromatic rings. The van der Waals surface area contributed by atoms with Crippen LogP contribution < -0.4 is 14.8 Å². The number of nitrogens with one attached hydrogen (secondary N) is 1. The molecule has 1 N–H and O–H groups in total. The number of hydrogen-bond acceptors (Lipinski definition) is 5. The van der Waals surface area contributed by atoms with Gasteiger partial charge in [-0.15, -0.1) is 24.0 Å². The summed E-state index contributed by atoms with van der Waals surface area (Å²) < 4.78 is 22.6. The molecule has 7 nitrogen and oxygen atoms in total. The number of hydrogen-bond donors (Lipinski definition) is 1. The molecule has 8 heteroatoms. The number of benzene rings is 1. The Bertz CT molecular complexity index is 708. The molecule has 2 aliphatic rings. The van der Waals surface area contributed by atoms with Crippen LogP contribution in [0.3, 0.4) is 0 Å². The van der Waals surface area contributed by atoms with Gasteiger partial charge >= 0.3 is 0 Å². The lowest BCUT2D eigenvalue weighted by molar-refractivity contribution is 0.00990. The van der Waals surface area contributed by atoms with Gasteiger partial charge in [0.25, 0.3) is 0 Å². The molecule has 1 unspecified atom stereocenters. The Balaban J connectivity index is 0.00000341. The number of likely N-dealkylation sites (tertiary alicyclic amines) is 1. The van der Waals surface area contributed by atoms with E-state index in [9.17, 15) is 0 Å². The molecular formula is C23H38IN3O4. The summed E-state index contributed by atoms with van der Waals surface area (Å²) in [6.07, 6.45) is 4.47. The number of halogens is 1. The van der Waals surface area contributed by atoms with Gasteiger partial charge in [0, 0.05) is 57.5 Å². The topological polar surface area (TPSA) is 64.6 Å². The Morgan fingerprint density at radius 3 is 2.68 bits per heavy atom. The van der Waals surface area contributed by atoms with Crippen molar-refractivity contribution in [2.45, 2.75) is 58.3 Å². The maximum Gasteiger partial charge on any atom is 0.194 e. The first-order chi connectivity index (χ1) is 14.6. The van der Waals surface area contributed by atoms with Crippen LogP contribution in [-0.2, 0) is 22.4 Å². The fraction of sp³-hybridized carbons (Fsp3) is 0.696. The Morgan fingerprint density at radius 1 is 1.23 bits per heavy atom. The molecule has 0 saturated carbocycles. The van der Waals surface area contributed by atoms with Crippen LogP contribution in [-0.4, -0.2) is 70.1 Å². The summed E-state index contributed by atoms with van der Waals surface area (Å²) in [6.45, 7) is 9.02. The Hall–Kier alpha value is -1.26. The molecule has 1 aromatic carbocycles. The van der Waals surface area contributed by atoms with Crippen molar-refractivity contribution in [2.75, 3.05) is 47.1 Å². The Labute approximate surface area is 203 Å². The summed E-state index contributed by atoms with van der Waals surface area (Å²) in [5.41, 5.74) is 2.27. The molecular weight excluding hydrogens is 509 g/mol. The van der Waals surface area contributed by atoms with Gasteiger partial charge in [-0.05, 0) is 45.2 Å². The Kier molecular flexibility index (Phi) is 11.2. The molecule has 176 valence electrons. The van der Waals surface area contributed by atoms with E-state index in [2.05, 4.69) is 36.2 Å². The normalized spacial score (nSPS) is 18.9. The van der Waals surface area contributed by atoms with E-state index in [0.717, 1.165) is 81.6 Å². The first-order valence-electron chi connectivity index (χ1n) is 11.1. The molecule has 0 aromatic heterocycles. The number of piperidine rings is 1. The van der Waals surface area contributed by atoms with Gasteiger partial charge in [0.15, 0.2) is 5.96 Å². The summed E-state index contributed by atoms with van der Waals surface area (Å²) in [6, 6.07) is 4.19. The van der Waals surface area contributed by atoms with Gasteiger partial charge in [-0.3, -0.25) is 0 Å². The summed E-state index contributed by atoms with van der Waals surface area (Å²) in [5, 5.41) is 3.44. The zero-order chi connectivity index (χ0) is 21.3. The fourth-order valence-corrected chi connectivity index (χ4v) is 4.07. The van der Waals surface area contributed by atoms with E-state index in [1.165, 1.54) is 5.56 Å². The van der Waals surface area contributed by atoms with Crippen LogP contribution in [0, 0.1) is 0 Å². The van der Waals surface area contributed by atoms with Crippen molar-refractivity contribution in [1.29, 1.82) is 0 Å². The van der Waals surface area contributed by atoms with E-state index in [4.69, 9.17) is 23.9 Å². The highest BCUT2D eigenvalue weighted by atomic mass is 127. The van der Waals surface area contributed by atoms with E-state index in [-0.39, 0.29) is 30.1 Å². The van der Waals surface area contributed by atoms with Crippen LogP contribution in [0.5, 0.6) is 11.5 Å². The molecule has 2 heterocycles. The molecule has 2 aliphatic heterocycles. The summed E-state index contributed by atoms with van der Waals surface area (Å²) in [7, 11) is 3.45. The molecule has 0 bridgehead atoms. The maximum atomic E-state index is 5.99. The molecule has 1 fully saturated rings. The lowest BCUT2D eigenvalue weighted by Gasteiger charge is -2.34. The molecule has 0 radical (unpaired) electrons. The highest BCUT2D eigenvalue weighted by Crippen LogP contribution is 2.35. The quantitative estimate of drug-likeness (QED) is 0.221. The number of nitrogens with zero attached hydrogens (tertiary/aromatic N) is 2. The lowest BCUT2D eigenvalue weighted by Crippen LogP contribution is -2.47. The average molecular weight is 547 g/mol. The van der Waals surface area contributed by atoms with Gasteiger partial charge in [-0.1, -0.05) is 0 Å². The van der Waals surface area contributed by atoms with Gasteiger partial charge in [0.1, 0.15) is 17.6 Å². The van der Waals surface area contributed by atoms with E-state index in [1.54, 1.807) is 14.2 Å². The standard InChI is InChI=1S/C23H37N3O4.HI/c1-5-24-23(26-9-7-20(8-10-26)29-12-6-11-27-3)25-16-19-15-22-18(13-17(2)30-22)14-21(19)28-4;/h14-15,17,20H,5-13,16H2,1-4H3,(H,24,25);1H. The second-order valence-corrected chi connectivity index (χ2v) is 7.98. The minimum absolute atomic E-state index is 0. The Morgan fingerprint density at radius 2 is 2.00 bits per heavy atom. The monoisotopic (exact) mass is 547 g/mol. The predicted molar refractivity (Wildman–Crippen MR) is 134 cm³/mol. The fourth-order valence-electron chi connectivity index (χ4n) is 4.07. The minimum Gasteiger partial charge on any atom is -0.496 e. The zero-order valence-corrected chi connectivity index (χ0v) is 21.6. The summed E-state index contributed by atoms with van der Waals surface area (Å²) in [5.74, 6) is 2.80. The highest BCUT2D eigenvalue weighted by molar-refractivity contribution is 14.0. The van der Waals surface area contributed by atoms with Crippen LogP contribution in [0.1, 0.15) is 44.2 Å². The van der Waals surface area contributed by atoms with E-state index >= 15 is 0 Å². The van der Waals surface area contributed by atoms with Crippen molar-refractivity contribution in [3.63, 3.8) is 0 Å². The molecule has 3 rings (SSSR count). The van der Waals surface area contributed by atoms with Crippen LogP contribution in [0.15, 0.2) is 17.1 Å². The van der Waals surface area contributed by atoms with Crippen molar-refractivity contribution in [3.05, 3.63) is 23.3 Å². The number of fused-ring (bicyclic) bond motifs is 1. The summed E-state index contributed by atoms with van der Waals surface area (Å²) >= 11 is 0. The van der Waals surface area contributed by atoms with Gasteiger partial charge in [-0.2, -0.15) is 0 Å². The molecule has 0 amide bonds. The van der Waals surface area contributed by atoms with Crippen molar-refractivity contribution >= 4 is 29.9 Å². The third-order valence-corrected chi connectivity index (χ3v) is 5.62. The van der Waals surface area contributed by atoms with Crippen LogP contribution in [0.4, 0.5) is 0 Å². The number of rotatable bonds is 9. The number of ether oxygens (including phenoxy) is 4. The first-order valence-corrected chi connectivity index (χ1v) is 11.1. The molecule has 1 saturated heterocycles. The second-order valence-electron chi connectivity index (χ2n) is 7.98. The van der Waals surface area contributed by atoms with E-state index < -0.39 is 0 Å². The average Bonchev–Trinajstić information content (AvgIpc) is 3.12. The van der Waals surface area contributed by atoms with Gasteiger partial charge < -0.3 is 29.2 Å². The number of aliphatic imine (C=N–C) groups is 1. The number of methoxy groups -OCH3 is 2. The van der Waals surface area contributed by atoms with Crippen LogP contribution in [0.25, 0.3) is 0 Å². The van der Waals surface area contributed by atoms with Crippen LogP contribution >= 0.6 is 24.0 Å². The maximum absolute atomic E-state index is 5.99. The van der Waals surface area contributed by atoms with Gasteiger partial charge in [0.2, 0.25) is 0 Å². The van der Waals surface area contributed by atoms with Crippen LogP contribution in [0.2, 0.25) is 0 Å². The van der Waals surface area contributed by atoms with Crippen molar-refractivity contribution in [1.82, 2.24) is 10.2 Å². The second kappa shape index (κ2) is 13.3. The third-order valence-electron chi connectivity index (χ3n) is 5.62. The van der Waals surface area contributed by atoms with Crippen molar-refractivity contribution in [3.8, 4) is 11.5 Å². The third kappa shape index (κ3) is 7.39. The number of guanidine groups is 1. The molecule has 0 spiro atoms.